The average molecular weight is 446 g/mol. The van der Waals surface area contributed by atoms with Crippen LogP contribution >= 0.6 is 0 Å². The number of fused-ring (bicyclic) bond motifs is 17. The summed E-state index contributed by atoms with van der Waals surface area (Å²) in [6.45, 7) is 0. The van der Waals surface area contributed by atoms with Crippen LogP contribution in [-0.4, -0.2) is 15.0 Å². The summed E-state index contributed by atoms with van der Waals surface area (Å²) in [7, 11) is 0. The summed E-state index contributed by atoms with van der Waals surface area (Å²) in [6, 6.07) is 34.9. The number of para-hydroxylation sites is 2. The lowest BCUT2D eigenvalue weighted by Gasteiger charge is -2.06. The van der Waals surface area contributed by atoms with Crippen LogP contribution in [0.3, 0.4) is 0 Å². The average Bonchev–Trinajstić information content (AvgIpc) is 3.60. The van der Waals surface area contributed by atoms with Crippen LogP contribution < -0.4 is 0 Å². The van der Waals surface area contributed by atoms with Crippen LogP contribution in [0.4, 0.5) is 0 Å². The Bertz CT molecular complexity index is 2160. The molecule has 9 rings (SSSR count). The zero-order valence-electron chi connectivity index (χ0n) is 18.7. The van der Waals surface area contributed by atoms with Gasteiger partial charge in [0, 0.05) is 54.1 Å². The second-order valence-corrected chi connectivity index (χ2v) is 9.56. The van der Waals surface area contributed by atoms with E-state index in [0.29, 0.717) is 0 Å². The molecule has 0 aliphatic rings. The Labute approximate surface area is 199 Å². The Kier molecular flexibility index (Phi) is 3.04. The van der Waals surface area contributed by atoms with Crippen LogP contribution in [0.15, 0.2) is 97.1 Å². The van der Waals surface area contributed by atoms with E-state index in [1.54, 1.807) is 0 Å². The monoisotopic (exact) mass is 445 g/mol. The van der Waals surface area contributed by atoms with Gasteiger partial charge in [-0.1, -0.05) is 84.9 Å². The highest BCUT2D eigenvalue weighted by Gasteiger charge is 2.22. The van der Waals surface area contributed by atoms with Gasteiger partial charge in [-0.2, -0.15) is 0 Å². The van der Waals surface area contributed by atoms with Crippen LogP contribution in [-0.2, 0) is 0 Å². The summed E-state index contributed by atoms with van der Waals surface area (Å²) in [5.41, 5.74) is 7.13. The van der Waals surface area contributed by atoms with Crippen LogP contribution in [0.2, 0.25) is 0 Å². The molecule has 6 aromatic carbocycles. The van der Waals surface area contributed by atoms with Gasteiger partial charge in [-0.15, -0.1) is 0 Å². The topological polar surface area (TPSA) is 47.4 Å². The summed E-state index contributed by atoms with van der Waals surface area (Å²) in [4.78, 5) is 11.4. The van der Waals surface area contributed by atoms with E-state index in [4.69, 9.17) is 0 Å². The lowest BCUT2D eigenvalue weighted by molar-refractivity contribution is 1.56. The maximum Gasteiger partial charge on any atom is 0.0573 e. The van der Waals surface area contributed by atoms with Gasteiger partial charge in [0.25, 0.3) is 0 Å². The van der Waals surface area contributed by atoms with Crippen molar-refractivity contribution in [1.29, 1.82) is 0 Å². The molecule has 0 radical (unpaired) electrons. The van der Waals surface area contributed by atoms with E-state index < -0.39 is 0 Å². The van der Waals surface area contributed by atoms with Gasteiger partial charge in [0.05, 0.1) is 22.1 Å². The molecule has 0 saturated heterocycles. The molecule has 3 heteroatoms. The second kappa shape index (κ2) is 6.02. The summed E-state index contributed by atoms with van der Waals surface area (Å²) in [5.74, 6) is 0. The fourth-order valence-corrected chi connectivity index (χ4v) is 6.46. The molecule has 35 heavy (non-hydrogen) atoms. The highest BCUT2D eigenvalue weighted by Crippen LogP contribution is 2.47. The van der Waals surface area contributed by atoms with Crippen molar-refractivity contribution in [2.45, 2.75) is 0 Å². The maximum atomic E-state index is 3.96. The Balaban J connectivity index is 1.72. The molecule has 0 atom stereocenters. The quantitative estimate of drug-likeness (QED) is 0.209. The molecule has 9 aromatic rings. The second-order valence-electron chi connectivity index (χ2n) is 9.56. The molecule has 3 heterocycles. The molecule has 0 saturated carbocycles. The van der Waals surface area contributed by atoms with E-state index in [2.05, 4.69) is 112 Å². The number of hydrogen-bond acceptors (Lipinski definition) is 0. The molecule has 3 N–H and O–H groups in total. The summed E-state index contributed by atoms with van der Waals surface area (Å²) in [5, 5.41) is 12.7. The van der Waals surface area contributed by atoms with Crippen molar-refractivity contribution >= 4 is 87.0 Å². The van der Waals surface area contributed by atoms with Crippen molar-refractivity contribution < 1.29 is 0 Å². The fraction of sp³-hybridized carbons (Fsp3) is 0. The van der Waals surface area contributed by atoms with Crippen molar-refractivity contribution in [3.8, 4) is 0 Å². The largest absolute Gasteiger partial charge is 0.354 e. The molecular weight excluding hydrogens is 426 g/mol. The molecule has 0 bridgehead atoms. The first-order chi connectivity index (χ1) is 17.4. The van der Waals surface area contributed by atoms with E-state index in [1.807, 2.05) is 0 Å². The van der Waals surface area contributed by atoms with E-state index in [0.717, 1.165) is 0 Å². The van der Waals surface area contributed by atoms with E-state index in [-0.39, 0.29) is 0 Å². The Morgan fingerprint density at radius 1 is 0.286 bits per heavy atom. The molecule has 0 unspecified atom stereocenters. The van der Waals surface area contributed by atoms with Gasteiger partial charge in [0.1, 0.15) is 0 Å². The number of aromatic nitrogens is 3. The van der Waals surface area contributed by atoms with Crippen LogP contribution in [0.5, 0.6) is 0 Å². The van der Waals surface area contributed by atoms with Gasteiger partial charge < -0.3 is 15.0 Å². The minimum atomic E-state index is 1.17. The smallest absolute Gasteiger partial charge is 0.0573 e. The van der Waals surface area contributed by atoms with Gasteiger partial charge in [-0.05, 0) is 22.9 Å². The van der Waals surface area contributed by atoms with Crippen LogP contribution in [0, 0.1) is 0 Å². The standard InChI is InChI=1S/C32H19N3/c1-3-11-19-17(9-1)25-26-18-10-2-4-12-20(18)30-28(22-14-6-8-16-24(22)34-30)32(26)35-31(25)27-21-13-5-7-15-23(21)33-29(19)27/h1-16,33-35H. The van der Waals surface area contributed by atoms with Gasteiger partial charge in [-0.3, -0.25) is 0 Å². The summed E-state index contributed by atoms with van der Waals surface area (Å²) in [6.07, 6.45) is 0. The number of benzene rings is 6. The molecular formula is C32H19N3. The molecule has 0 fully saturated rings. The molecule has 3 nitrogen and oxygen atoms in total. The molecule has 0 amide bonds. The Hall–Kier alpha value is -4.76. The number of H-pyrrole nitrogens is 3. The lowest BCUT2D eigenvalue weighted by Crippen LogP contribution is -1.81. The number of nitrogens with one attached hydrogen (secondary N) is 3. The van der Waals surface area contributed by atoms with Crippen molar-refractivity contribution in [2.24, 2.45) is 0 Å². The maximum absolute atomic E-state index is 3.96. The van der Waals surface area contributed by atoms with Crippen molar-refractivity contribution in [2.75, 3.05) is 0 Å². The third-order valence-electron chi connectivity index (χ3n) is 7.84. The highest BCUT2D eigenvalue weighted by atomic mass is 14.8. The van der Waals surface area contributed by atoms with Gasteiger partial charge in [-0.25, -0.2) is 0 Å². The Morgan fingerprint density at radius 2 is 0.657 bits per heavy atom. The fourth-order valence-electron chi connectivity index (χ4n) is 6.46. The zero-order valence-corrected chi connectivity index (χ0v) is 18.7. The van der Waals surface area contributed by atoms with Gasteiger partial charge in [0.15, 0.2) is 0 Å². The van der Waals surface area contributed by atoms with E-state index >= 15 is 0 Å². The first-order valence-electron chi connectivity index (χ1n) is 12.1. The number of aromatic amines is 3. The van der Waals surface area contributed by atoms with Crippen molar-refractivity contribution in [3.05, 3.63) is 97.1 Å². The van der Waals surface area contributed by atoms with Gasteiger partial charge in [0.2, 0.25) is 0 Å². The van der Waals surface area contributed by atoms with Crippen molar-refractivity contribution in [1.82, 2.24) is 15.0 Å². The third kappa shape index (κ3) is 2.04. The minimum absolute atomic E-state index is 1.17. The lowest BCUT2D eigenvalue weighted by atomic mass is 9.95. The predicted octanol–water partition coefficient (Wildman–Crippen LogP) is 8.90. The zero-order chi connectivity index (χ0) is 22.7. The highest BCUT2D eigenvalue weighted by molar-refractivity contribution is 6.42. The van der Waals surface area contributed by atoms with E-state index in [9.17, 15) is 0 Å². The molecule has 0 spiro atoms. The predicted molar refractivity (Wildman–Crippen MR) is 150 cm³/mol. The summed E-state index contributed by atoms with van der Waals surface area (Å²) >= 11 is 0. The van der Waals surface area contributed by atoms with Crippen LogP contribution in [0.25, 0.3) is 87.0 Å². The van der Waals surface area contributed by atoms with Crippen LogP contribution in [0.1, 0.15) is 0 Å². The number of rotatable bonds is 0. The van der Waals surface area contributed by atoms with E-state index in [1.165, 1.54) is 87.0 Å². The van der Waals surface area contributed by atoms with Gasteiger partial charge >= 0.3 is 0 Å². The molecule has 3 aromatic heterocycles. The SMILES string of the molecule is c1ccc2c(c1)[nH]c1c3ccccc3c3c([nH]c4c5c6ccccc6[nH]c5c5ccccc5c43)c21. The number of hydrogen-bond donors (Lipinski definition) is 3. The molecule has 162 valence electrons. The Morgan fingerprint density at radius 3 is 1.11 bits per heavy atom. The third-order valence-corrected chi connectivity index (χ3v) is 7.84. The van der Waals surface area contributed by atoms with Crippen molar-refractivity contribution in [3.63, 3.8) is 0 Å². The first-order valence-corrected chi connectivity index (χ1v) is 12.1. The first kappa shape index (κ1) is 17.7. The minimum Gasteiger partial charge on any atom is -0.354 e. The normalized spacial score (nSPS) is 12.6. The summed E-state index contributed by atoms with van der Waals surface area (Å²) < 4.78 is 0. The molecule has 0 aliphatic carbocycles. The molecule has 0 aliphatic heterocycles.